The Hall–Kier alpha value is -3.78. The Morgan fingerprint density at radius 3 is 2.94 bits per heavy atom. The molecule has 31 heavy (non-hydrogen) atoms. The van der Waals surface area contributed by atoms with Gasteiger partial charge in [0.15, 0.2) is 5.54 Å². The minimum atomic E-state index is -1.46. The first-order chi connectivity index (χ1) is 15.0. The molecular weight excluding hydrogens is 412 g/mol. The molecule has 3 N–H and O–H groups in total. The molecule has 2 aliphatic rings. The third-order valence-corrected chi connectivity index (χ3v) is 5.04. The highest BCUT2D eigenvalue weighted by Crippen LogP contribution is 2.43. The van der Waals surface area contributed by atoms with Gasteiger partial charge in [-0.3, -0.25) is 4.79 Å². The van der Waals surface area contributed by atoms with Gasteiger partial charge in [-0.25, -0.2) is 23.7 Å². The van der Waals surface area contributed by atoms with Crippen molar-refractivity contribution in [2.75, 3.05) is 25.4 Å². The number of aliphatic imine (C=N–C) groups is 1. The van der Waals surface area contributed by atoms with Gasteiger partial charge in [-0.05, 0) is 18.2 Å². The van der Waals surface area contributed by atoms with Gasteiger partial charge in [0.1, 0.15) is 17.6 Å². The van der Waals surface area contributed by atoms with E-state index in [9.17, 15) is 13.6 Å². The van der Waals surface area contributed by atoms with E-state index < -0.39 is 36.1 Å². The Bertz CT molecular complexity index is 1070. The lowest BCUT2D eigenvalue weighted by molar-refractivity contribution is 0.0940. The highest BCUT2D eigenvalue weighted by Gasteiger charge is 2.52. The van der Waals surface area contributed by atoms with Crippen LogP contribution in [0.15, 0.2) is 35.6 Å². The standard InChI is InChI=1S/C20H17F2N5O4/c1-2-20(13-8-29-9-16(13)31-19(23)27-20)12-5-11(3-4-14(12)22)26-18(28)15-6-25-17(7-24-15)30-10-21/h1,3-7,13,16H,8-10H2,(H2,23,27)(H,26,28)/t13-,16+,20+/m0/s1. The topological polar surface area (TPSA) is 121 Å². The number of hydrogen-bond donors (Lipinski definition) is 2. The molecule has 9 nitrogen and oxygen atoms in total. The molecule has 0 radical (unpaired) electrons. The molecule has 0 spiro atoms. The van der Waals surface area contributed by atoms with Crippen molar-refractivity contribution in [3.8, 4) is 18.2 Å². The van der Waals surface area contributed by atoms with Gasteiger partial charge in [0.25, 0.3) is 11.9 Å². The zero-order valence-corrected chi connectivity index (χ0v) is 16.0. The summed E-state index contributed by atoms with van der Waals surface area (Å²) in [6.07, 6.45) is 7.57. The first-order valence-electron chi connectivity index (χ1n) is 9.16. The predicted octanol–water partition coefficient (Wildman–Crippen LogP) is 1.36. The zero-order valence-electron chi connectivity index (χ0n) is 16.0. The van der Waals surface area contributed by atoms with Gasteiger partial charge in [-0.2, -0.15) is 0 Å². The molecule has 2 aliphatic heterocycles. The van der Waals surface area contributed by atoms with Crippen molar-refractivity contribution in [2.45, 2.75) is 11.6 Å². The summed E-state index contributed by atoms with van der Waals surface area (Å²) in [5, 5.41) is 2.59. The smallest absolute Gasteiger partial charge is 0.284 e. The van der Waals surface area contributed by atoms with Crippen LogP contribution < -0.4 is 15.8 Å². The second-order valence-corrected chi connectivity index (χ2v) is 6.80. The highest BCUT2D eigenvalue weighted by molar-refractivity contribution is 6.02. The average molecular weight is 429 g/mol. The van der Waals surface area contributed by atoms with Gasteiger partial charge in [0.2, 0.25) is 12.7 Å². The highest BCUT2D eigenvalue weighted by atomic mass is 19.1. The summed E-state index contributed by atoms with van der Waals surface area (Å²) < 4.78 is 42.5. The number of rotatable bonds is 5. The molecule has 1 amide bonds. The van der Waals surface area contributed by atoms with Crippen LogP contribution in [-0.2, 0) is 15.0 Å². The minimum absolute atomic E-state index is 0.0531. The molecule has 1 saturated heterocycles. The molecule has 2 aromatic rings. The maximum absolute atomic E-state index is 14.9. The van der Waals surface area contributed by atoms with Crippen LogP contribution in [0.4, 0.5) is 14.5 Å². The van der Waals surface area contributed by atoms with Crippen LogP contribution in [0.1, 0.15) is 16.1 Å². The van der Waals surface area contributed by atoms with Crippen LogP contribution in [0, 0.1) is 24.1 Å². The number of fused-ring (bicyclic) bond motifs is 1. The minimum Gasteiger partial charge on any atom is -0.459 e. The Morgan fingerprint density at radius 1 is 1.39 bits per heavy atom. The Balaban J connectivity index is 1.65. The van der Waals surface area contributed by atoms with E-state index in [4.69, 9.17) is 21.6 Å². The van der Waals surface area contributed by atoms with Gasteiger partial charge in [-0.15, -0.1) is 6.42 Å². The number of carbonyl (C=O) groups is 1. The van der Waals surface area contributed by atoms with E-state index >= 15 is 0 Å². The van der Waals surface area contributed by atoms with Gasteiger partial charge < -0.3 is 25.3 Å². The van der Waals surface area contributed by atoms with Crippen molar-refractivity contribution in [1.29, 1.82) is 0 Å². The predicted molar refractivity (Wildman–Crippen MR) is 104 cm³/mol. The van der Waals surface area contributed by atoms with Gasteiger partial charge in [-0.1, -0.05) is 5.92 Å². The Kier molecular flexibility index (Phi) is 5.39. The fourth-order valence-electron chi connectivity index (χ4n) is 3.61. The van der Waals surface area contributed by atoms with Crippen molar-refractivity contribution in [2.24, 2.45) is 16.6 Å². The van der Waals surface area contributed by atoms with E-state index in [1.54, 1.807) is 0 Å². The lowest BCUT2D eigenvalue weighted by Gasteiger charge is -2.37. The number of carbonyl (C=O) groups excluding carboxylic acids is 1. The Labute approximate surface area is 175 Å². The molecule has 11 heteroatoms. The van der Waals surface area contributed by atoms with Crippen LogP contribution in [0.2, 0.25) is 0 Å². The summed E-state index contributed by atoms with van der Waals surface area (Å²) in [7, 11) is 0. The van der Waals surface area contributed by atoms with Crippen molar-refractivity contribution in [3.05, 3.63) is 47.7 Å². The average Bonchev–Trinajstić information content (AvgIpc) is 3.24. The van der Waals surface area contributed by atoms with Gasteiger partial charge in [0.05, 0.1) is 31.5 Å². The molecule has 4 rings (SSSR count). The van der Waals surface area contributed by atoms with E-state index in [1.807, 2.05) is 0 Å². The number of anilines is 1. The maximum atomic E-state index is 14.9. The number of nitrogens with one attached hydrogen (secondary N) is 1. The van der Waals surface area contributed by atoms with Gasteiger partial charge in [0, 0.05) is 11.3 Å². The van der Waals surface area contributed by atoms with Crippen LogP contribution in [0.3, 0.4) is 0 Å². The molecule has 0 unspecified atom stereocenters. The SMILES string of the molecule is C#C[C@]1(c2cc(NC(=O)c3cnc(OCF)cn3)ccc2F)N=C(N)O[C@@H]2COC[C@@H]21. The number of amides is 1. The summed E-state index contributed by atoms with van der Waals surface area (Å²) in [6, 6.07) is 3.76. The molecule has 1 aromatic carbocycles. The van der Waals surface area contributed by atoms with Crippen molar-refractivity contribution in [1.82, 2.24) is 9.97 Å². The maximum Gasteiger partial charge on any atom is 0.284 e. The van der Waals surface area contributed by atoms with Crippen LogP contribution in [-0.4, -0.2) is 48.1 Å². The summed E-state index contributed by atoms with van der Waals surface area (Å²) in [5.74, 6) is 0.794. The molecular formula is C20H17F2N5O4. The number of benzene rings is 1. The molecule has 160 valence electrons. The summed E-state index contributed by atoms with van der Waals surface area (Å²) >= 11 is 0. The van der Waals surface area contributed by atoms with E-state index in [2.05, 4.69) is 30.9 Å². The number of nitrogens with two attached hydrogens (primary N) is 1. The number of aromatic nitrogens is 2. The van der Waals surface area contributed by atoms with E-state index in [0.29, 0.717) is 0 Å². The molecule has 3 atom stereocenters. The van der Waals surface area contributed by atoms with Crippen LogP contribution in [0.25, 0.3) is 0 Å². The van der Waals surface area contributed by atoms with Crippen LogP contribution in [0.5, 0.6) is 5.88 Å². The molecule has 3 heterocycles. The zero-order chi connectivity index (χ0) is 22.0. The van der Waals surface area contributed by atoms with Crippen molar-refractivity contribution < 1.29 is 27.8 Å². The van der Waals surface area contributed by atoms with Crippen molar-refractivity contribution >= 4 is 17.6 Å². The number of halogens is 2. The fraction of sp³-hybridized carbons (Fsp3) is 0.300. The number of amidine groups is 1. The lowest BCUT2D eigenvalue weighted by atomic mass is 9.76. The number of terminal acetylenes is 1. The molecule has 1 aromatic heterocycles. The molecule has 0 aliphatic carbocycles. The van der Waals surface area contributed by atoms with E-state index in [1.165, 1.54) is 18.2 Å². The monoisotopic (exact) mass is 429 g/mol. The third kappa shape index (κ3) is 3.73. The quantitative estimate of drug-likeness (QED) is 0.689. The first kappa shape index (κ1) is 20.5. The Morgan fingerprint density at radius 2 is 2.23 bits per heavy atom. The van der Waals surface area contributed by atoms with Gasteiger partial charge >= 0.3 is 0 Å². The normalized spacial score (nSPS) is 24.4. The second kappa shape index (κ2) is 8.16. The largest absolute Gasteiger partial charge is 0.459 e. The molecule has 1 fully saturated rings. The summed E-state index contributed by atoms with van der Waals surface area (Å²) in [4.78, 5) is 24.4. The second-order valence-electron chi connectivity index (χ2n) is 6.80. The number of alkyl halides is 1. The molecule has 0 saturated carbocycles. The lowest BCUT2D eigenvalue weighted by Crippen LogP contribution is -2.48. The summed E-state index contributed by atoms with van der Waals surface area (Å²) in [5.41, 5.74) is 4.58. The summed E-state index contributed by atoms with van der Waals surface area (Å²) in [6.45, 7) is -0.603. The third-order valence-electron chi connectivity index (χ3n) is 5.04. The van der Waals surface area contributed by atoms with Crippen LogP contribution >= 0.6 is 0 Å². The molecule has 0 bridgehead atoms. The van der Waals surface area contributed by atoms with E-state index in [0.717, 1.165) is 12.4 Å². The van der Waals surface area contributed by atoms with E-state index in [-0.39, 0.29) is 42.1 Å². The first-order valence-corrected chi connectivity index (χ1v) is 9.16. The number of hydrogen-bond acceptors (Lipinski definition) is 8. The number of ether oxygens (including phenoxy) is 3. The van der Waals surface area contributed by atoms with Crippen molar-refractivity contribution in [3.63, 3.8) is 0 Å². The number of nitrogens with zero attached hydrogens (tertiary/aromatic N) is 3. The fourth-order valence-corrected chi connectivity index (χ4v) is 3.61.